The number of aromatic nitrogens is 4. The van der Waals surface area contributed by atoms with Crippen molar-refractivity contribution in [2.24, 2.45) is 0 Å². The van der Waals surface area contributed by atoms with E-state index in [1.165, 1.54) is 28.2 Å². The third-order valence-corrected chi connectivity index (χ3v) is 5.97. The van der Waals surface area contributed by atoms with E-state index >= 15 is 0 Å². The van der Waals surface area contributed by atoms with Gasteiger partial charge in [0.2, 0.25) is 5.95 Å². The van der Waals surface area contributed by atoms with Crippen molar-refractivity contribution in [3.05, 3.63) is 75.2 Å². The molecule has 0 saturated heterocycles. The molecule has 35 heavy (non-hydrogen) atoms. The number of fused-ring (bicyclic) bond motifs is 1. The summed E-state index contributed by atoms with van der Waals surface area (Å²) < 4.78 is 6.68. The molecule has 11 nitrogen and oxygen atoms in total. The highest BCUT2D eigenvalue weighted by Crippen LogP contribution is 2.29. The highest BCUT2D eigenvalue weighted by Gasteiger charge is 2.22. The van der Waals surface area contributed by atoms with Crippen molar-refractivity contribution in [3.63, 3.8) is 0 Å². The second kappa shape index (κ2) is 8.93. The van der Waals surface area contributed by atoms with Crippen molar-refractivity contribution in [2.45, 2.75) is 0 Å². The van der Waals surface area contributed by atoms with Crippen molar-refractivity contribution in [1.82, 2.24) is 19.7 Å². The summed E-state index contributed by atoms with van der Waals surface area (Å²) >= 11 is 1.28. The van der Waals surface area contributed by atoms with E-state index in [-0.39, 0.29) is 11.7 Å². The maximum atomic E-state index is 12.9. The molecule has 0 radical (unpaired) electrons. The van der Waals surface area contributed by atoms with Crippen LogP contribution in [0.1, 0.15) is 10.4 Å². The second-order valence-corrected chi connectivity index (χ2v) is 8.06. The Labute approximate surface area is 200 Å². The fourth-order valence-electron chi connectivity index (χ4n) is 3.50. The SMILES string of the molecule is COc1ccc(-c2nc(NC(=O)c3c(O)c4cscc4[nH]c3=O)nn2-c2ccc(OO)cc2)cc1. The summed E-state index contributed by atoms with van der Waals surface area (Å²) in [4.78, 5) is 36.6. The first-order valence-corrected chi connectivity index (χ1v) is 11.1. The minimum atomic E-state index is -0.862. The standard InChI is InChI=1S/C23H17N5O6S/c1-33-14-6-2-12(3-7-14)20-25-23(27-28(20)13-4-8-15(34-32)9-5-13)26-22(31)18-19(29)16-10-35-11-17(16)24-21(18)30/h2-11,29,32H,1H3,(H,24,30)(H,26,27,31). The molecule has 4 N–H and O–H groups in total. The molecule has 0 aliphatic carbocycles. The molecule has 3 aromatic heterocycles. The molecule has 12 heteroatoms. The van der Waals surface area contributed by atoms with Crippen LogP contribution in [0.2, 0.25) is 0 Å². The number of thiophene rings is 1. The van der Waals surface area contributed by atoms with Crippen LogP contribution in [0.3, 0.4) is 0 Å². The third-order valence-electron chi connectivity index (χ3n) is 5.22. The van der Waals surface area contributed by atoms with Gasteiger partial charge in [-0.1, -0.05) is 0 Å². The monoisotopic (exact) mass is 491 g/mol. The van der Waals surface area contributed by atoms with Gasteiger partial charge in [0.1, 0.15) is 17.1 Å². The highest BCUT2D eigenvalue weighted by molar-refractivity contribution is 7.09. The van der Waals surface area contributed by atoms with Crippen LogP contribution in [0.4, 0.5) is 5.95 Å². The molecule has 0 fully saturated rings. The van der Waals surface area contributed by atoms with E-state index in [1.807, 2.05) is 0 Å². The molecule has 176 valence electrons. The minimum Gasteiger partial charge on any atom is -0.506 e. The molecule has 0 aliphatic rings. The molecule has 3 heterocycles. The third kappa shape index (κ3) is 4.07. The average Bonchev–Trinajstić information content (AvgIpc) is 3.51. The molecular formula is C23H17N5O6S. The zero-order valence-electron chi connectivity index (χ0n) is 18.1. The van der Waals surface area contributed by atoms with Gasteiger partial charge in [0, 0.05) is 16.3 Å². The number of carbonyl (C=O) groups excluding carboxylic acids is 1. The van der Waals surface area contributed by atoms with Crippen LogP contribution < -0.4 is 20.5 Å². The Balaban J connectivity index is 1.56. The van der Waals surface area contributed by atoms with Gasteiger partial charge in [0.15, 0.2) is 11.6 Å². The van der Waals surface area contributed by atoms with E-state index in [0.29, 0.717) is 33.7 Å². The van der Waals surface area contributed by atoms with Crippen LogP contribution in [0, 0.1) is 0 Å². The first-order valence-electron chi connectivity index (χ1n) is 10.1. The van der Waals surface area contributed by atoms with Gasteiger partial charge in [-0.2, -0.15) is 4.98 Å². The summed E-state index contributed by atoms with van der Waals surface area (Å²) in [6.07, 6.45) is 0. The van der Waals surface area contributed by atoms with Gasteiger partial charge in [-0.3, -0.25) is 14.9 Å². The van der Waals surface area contributed by atoms with Crippen LogP contribution in [-0.2, 0) is 0 Å². The maximum absolute atomic E-state index is 12.9. The Bertz CT molecular complexity index is 1520. The molecule has 0 atom stereocenters. The molecule has 0 aliphatic heterocycles. The Morgan fingerprint density at radius 2 is 1.80 bits per heavy atom. The van der Waals surface area contributed by atoms with Gasteiger partial charge in [-0.15, -0.1) is 16.4 Å². The van der Waals surface area contributed by atoms with Crippen molar-refractivity contribution < 1.29 is 24.8 Å². The number of benzene rings is 2. The molecule has 0 spiro atoms. The lowest BCUT2D eigenvalue weighted by Crippen LogP contribution is -2.23. The number of rotatable bonds is 6. The number of carbonyl (C=O) groups is 1. The number of hydrogen-bond donors (Lipinski definition) is 4. The second-order valence-electron chi connectivity index (χ2n) is 7.32. The number of hydrogen-bond acceptors (Lipinski definition) is 9. The van der Waals surface area contributed by atoms with E-state index in [9.17, 15) is 14.7 Å². The van der Waals surface area contributed by atoms with E-state index in [1.54, 1.807) is 54.3 Å². The summed E-state index contributed by atoms with van der Waals surface area (Å²) in [7, 11) is 1.56. The number of aromatic hydroxyl groups is 1. The molecule has 0 saturated carbocycles. The zero-order chi connectivity index (χ0) is 24.5. The molecule has 5 rings (SSSR count). The lowest BCUT2D eigenvalue weighted by Gasteiger charge is -2.07. The number of nitrogens with zero attached hydrogens (tertiary/aromatic N) is 3. The number of pyridine rings is 1. The van der Waals surface area contributed by atoms with Crippen LogP contribution in [0.15, 0.2) is 64.1 Å². The van der Waals surface area contributed by atoms with E-state index in [0.717, 1.165) is 0 Å². The van der Waals surface area contributed by atoms with Gasteiger partial charge in [0.05, 0.1) is 23.7 Å². The maximum Gasteiger partial charge on any atom is 0.267 e. The number of H-pyrrole nitrogens is 1. The summed E-state index contributed by atoms with van der Waals surface area (Å²) in [5.41, 5.74) is 0.489. The fraction of sp³-hybridized carbons (Fsp3) is 0.0435. The Morgan fingerprint density at radius 1 is 1.09 bits per heavy atom. The summed E-state index contributed by atoms with van der Waals surface area (Å²) in [6, 6.07) is 13.4. The zero-order valence-corrected chi connectivity index (χ0v) is 18.9. The lowest BCUT2D eigenvalue weighted by atomic mass is 10.2. The first-order chi connectivity index (χ1) is 17.0. The van der Waals surface area contributed by atoms with Crippen molar-refractivity contribution in [3.8, 4) is 34.3 Å². The van der Waals surface area contributed by atoms with Gasteiger partial charge in [0.25, 0.3) is 11.5 Å². The van der Waals surface area contributed by atoms with Gasteiger partial charge in [-0.25, -0.2) is 9.94 Å². The van der Waals surface area contributed by atoms with Gasteiger partial charge >= 0.3 is 0 Å². The molecule has 0 unspecified atom stereocenters. The van der Waals surface area contributed by atoms with Crippen molar-refractivity contribution >= 4 is 34.1 Å². The Morgan fingerprint density at radius 3 is 2.49 bits per heavy atom. The number of amides is 1. The summed E-state index contributed by atoms with van der Waals surface area (Å²) in [6.45, 7) is 0. The summed E-state index contributed by atoms with van der Waals surface area (Å²) in [5, 5.41) is 29.9. The van der Waals surface area contributed by atoms with E-state index < -0.39 is 22.8 Å². The van der Waals surface area contributed by atoms with Gasteiger partial charge in [-0.05, 0) is 48.5 Å². The number of aromatic amines is 1. The first kappa shape index (κ1) is 22.1. The summed E-state index contributed by atoms with van der Waals surface area (Å²) in [5.74, 6) is -0.112. The van der Waals surface area contributed by atoms with Crippen molar-refractivity contribution in [2.75, 3.05) is 12.4 Å². The largest absolute Gasteiger partial charge is 0.506 e. The lowest BCUT2D eigenvalue weighted by molar-refractivity contribution is -0.137. The fourth-order valence-corrected chi connectivity index (χ4v) is 4.26. The molecular weight excluding hydrogens is 474 g/mol. The van der Waals surface area contributed by atoms with Crippen molar-refractivity contribution in [1.29, 1.82) is 0 Å². The smallest absolute Gasteiger partial charge is 0.267 e. The van der Waals surface area contributed by atoms with E-state index in [2.05, 4.69) is 25.3 Å². The number of ether oxygens (including phenoxy) is 1. The van der Waals surface area contributed by atoms with Gasteiger partial charge < -0.3 is 19.7 Å². The Hall–Kier alpha value is -4.68. The molecule has 0 bridgehead atoms. The normalized spacial score (nSPS) is 10.9. The van der Waals surface area contributed by atoms with Crippen LogP contribution in [-0.4, -0.2) is 43.1 Å². The van der Waals surface area contributed by atoms with Crippen LogP contribution >= 0.6 is 11.3 Å². The number of nitrogens with one attached hydrogen (secondary N) is 2. The minimum absolute atomic E-state index is 0.0903. The highest BCUT2D eigenvalue weighted by atomic mass is 32.1. The van der Waals surface area contributed by atoms with Crippen LogP contribution in [0.5, 0.6) is 17.2 Å². The Kier molecular flexibility index (Phi) is 5.65. The topological polar surface area (TPSA) is 152 Å². The quantitative estimate of drug-likeness (QED) is 0.207. The molecule has 5 aromatic rings. The number of methoxy groups -OCH3 is 1. The molecule has 1 amide bonds. The molecule has 2 aromatic carbocycles. The number of anilines is 1. The van der Waals surface area contributed by atoms with Crippen LogP contribution in [0.25, 0.3) is 28.0 Å². The predicted molar refractivity (Wildman–Crippen MR) is 129 cm³/mol. The average molecular weight is 491 g/mol. The predicted octanol–water partition coefficient (Wildman–Crippen LogP) is 3.66. The van der Waals surface area contributed by atoms with E-state index in [4.69, 9.17) is 9.99 Å².